The van der Waals surface area contributed by atoms with Gasteiger partial charge < -0.3 is 15.4 Å². The van der Waals surface area contributed by atoms with Gasteiger partial charge in [-0.15, -0.1) is 10.2 Å². The average Bonchev–Trinajstić information content (AvgIpc) is 3.38. The lowest BCUT2D eigenvalue weighted by Crippen LogP contribution is -2.60. The maximum atomic E-state index is 13.4. The molecule has 0 spiro atoms. The van der Waals surface area contributed by atoms with Crippen molar-refractivity contribution in [2.45, 2.75) is 54.8 Å². The van der Waals surface area contributed by atoms with Crippen LogP contribution in [0.25, 0.3) is 0 Å². The summed E-state index contributed by atoms with van der Waals surface area (Å²) in [6, 6.07) is 7.35. The summed E-state index contributed by atoms with van der Waals surface area (Å²) < 4.78 is 6.31. The first-order chi connectivity index (χ1) is 14.4. The lowest BCUT2D eigenvalue weighted by molar-refractivity contribution is -0.126. The molecule has 3 heterocycles. The normalized spacial score (nSPS) is 21.1. The summed E-state index contributed by atoms with van der Waals surface area (Å²) in [4.78, 5) is 27.6. The van der Waals surface area contributed by atoms with Gasteiger partial charge in [0.2, 0.25) is 16.9 Å². The number of benzene rings is 1. The largest absolute Gasteiger partial charge is 0.376 e. The third-order valence-corrected chi connectivity index (χ3v) is 7.32. The summed E-state index contributed by atoms with van der Waals surface area (Å²) in [5.41, 5.74) is 0.356. The van der Waals surface area contributed by atoms with Crippen LogP contribution in [-0.4, -0.2) is 52.1 Å². The van der Waals surface area contributed by atoms with E-state index in [1.165, 1.54) is 23.1 Å². The second-order valence-corrected chi connectivity index (χ2v) is 10.4. The summed E-state index contributed by atoms with van der Waals surface area (Å²) in [7, 11) is 0. The van der Waals surface area contributed by atoms with Gasteiger partial charge in [-0.2, -0.15) is 0 Å². The number of fused-ring (bicyclic) bond motifs is 1. The van der Waals surface area contributed by atoms with E-state index in [-0.39, 0.29) is 17.9 Å². The van der Waals surface area contributed by atoms with Gasteiger partial charge in [0.25, 0.3) is 0 Å². The molecule has 1 aromatic heterocycles. The Labute approximate surface area is 183 Å². The van der Waals surface area contributed by atoms with Crippen molar-refractivity contribution in [3.63, 3.8) is 0 Å². The van der Waals surface area contributed by atoms with Gasteiger partial charge in [-0.25, -0.2) is 0 Å². The predicted octanol–water partition coefficient (Wildman–Crippen LogP) is 3.37. The van der Waals surface area contributed by atoms with Gasteiger partial charge in [-0.05, 0) is 45.7 Å². The Morgan fingerprint density at radius 1 is 1.43 bits per heavy atom. The third-order valence-electron chi connectivity index (χ3n) is 5.26. The minimum absolute atomic E-state index is 0.142. The lowest BCUT2D eigenvalue weighted by Gasteiger charge is -2.42. The molecule has 2 atom stereocenters. The van der Waals surface area contributed by atoms with Crippen molar-refractivity contribution in [3.05, 3.63) is 24.3 Å². The van der Waals surface area contributed by atoms with Gasteiger partial charge in [0.15, 0.2) is 4.34 Å². The van der Waals surface area contributed by atoms with Crippen LogP contribution in [0.2, 0.25) is 0 Å². The van der Waals surface area contributed by atoms with Crippen molar-refractivity contribution in [1.29, 1.82) is 0 Å². The fourth-order valence-electron chi connectivity index (χ4n) is 3.57. The predicted molar refractivity (Wildman–Crippen MR) is 119 cm³/mol. The van der Waals surface area contributed by atoms with Gasteiger partial charge in [0.05, 0.1) is 22.7 Å². The molecule has 0 saturated carbocycles. The second kappa shape index (κ2) is 8.52. The van der Waals surface area contributed by atoms with Crippen molar-refractivity contribution in [2.24, 2.45) is 0 Å². The van der Waals surface area contributed by atoms with E-state index in [4.69, 9.17) is 4.74 Å². The molecule has 2 aliphatic rings. The molecule has 10 heteroatoms. The summed E-state index contributed by atoms with van der Waals surface area (Å²) >= 11 is 2.77. The molecule has 2 amide bonds. The highest BCUT2D eigenvalue weighted by molar-refractivity contribution is 8.02. The molecule has 30 heavy (non-hydrogen) atoms. The summed E-state index contributed by atoms with van der Waals surface area (Å²) in [6.07, 6.45) is 2.37. The molecule has 2 unspecified atom stereocenters. The van der Waals surface area contributed by atoms with E-state index in [1.54, 1.807) is 24.8 Å². The maximum absolute atomic E-state index is 13.4. The number of carbonyl (C=O) groups excluding carboxylic acids is 2. The van der Waals surface area contributed by atoms with Crippen molar-refractivity contribution in [2.75, 3.05) is 28.7 Å². The molecular weight excluding hydrogens is 422 g/mol. The average molecular weight is 448 g/mol. The molecule has 2 aliphatic heterocycles. The minimum atomic E-state index is -0.991. The number of thioether (sulfide) groups is 1. The monoisotopic (exact) mass is 447 g/mol. The number of anilines is 3. The molecule has 1 saturated heterocycles. The Morgan fingerprint density at radius 3 is 3.00 bits per heavy atom. The smallest absolute Gasteiger partial charge is 0.250 e. The number of para-hydroxylation sites is 2. The molecule has 4 rings (SSSR count). The minimum Gasteiger partial charge on any atom is -0.376 e. The standard InChI is InChI=1S/C20H25N5O3S2/c1-12(29-19-24-23-18(30-19)21-11-13-7-6-10-28-13)16(26)25-15-9-5-4-8-14(15)22-17(27)20(25,2)3/h4-5,8-9,12-13H,6-7,10-11H2,1-3H3,(H,21,23)(H,22,27). The molecule has 8 nitrogen and oxygen atoms in total. The van der Waals surface area contributed by atoms with Crippen LogP contribution in [0.5, 0.6) is 0 Å². The third kappa shape index (κ3) is 4.17. The Hall–Kier alpha value is -2.17. The molecule has 0 aliphatic carbocycles. The first kappa shape index (κ1) is 21.1. The van der Waals surface area contributed by atoms with E-state index in [9.17, 15) is 9.59 Å². The fraction of sp³-hybridized carbons (Fsp3) is 0.500. The Kier molecular flexibility index (Phi) is 5.99. The molecule has 160 valence electrons. The molecule has 1 aromatic carbocycles. The number of carbonyl (C=O) groups is 2. The molecular formula is C20H25N5O3S2. The van der Waals surface area contributed by atoms with Crippen molar-refractivity contribution in [3.8, 4) is 0 Å². The van der Waals surface area contributed by atoms with Crippen LogP contribution in [0.4, 0.5) is 16.5 Å². The van der Waals surface area contributed by atoms with Gasteiger partial charge in [-0.1, -0.05) is 35.2 Å². The number of aromatic nitrogens is 2. The van der Waals surface area contributed by atoms with Gasteiger partial charge in [0, 0.05) is 13.2 Å². The highest BCUT2D eigenvalue weighted by atomic mass is 32.2. The van der Waals surface area contributed by atoms with Crippen LogP contribution in [0.1, 0.15) is 33.6 Å². The van der Waals surface area contributed by atoms with Crippen LogP contribution in [0.15, 0.2) is 28.6 Å². The van der Waals surface area contributed by atoms with E-state index in [0.717, 1.165) is 24.6 Å². The zero-order chi connectivity index (χ0) is 21.3. The molecule has 2 aromatic rings. The molecule has 2 N–H and O–H groups in total. The maximum Gasteiger partial charge on any atom is 0.250 e. The van der Waals surface area contributed by atoms with Gasteiger partial charge in [-0.3, -0.25) is 14.5 Å². The van der Waals surface area contributed by atoms with Gasteiger partial charge in [0.1, 0.15) is 5.54 Å². The number of rotatable bonds is 6. The van der Waals surface area contributed by atoms with Crippen LogP contribution in [0.3, 0.4) is 0 Å². The van der Waals surface area contributed by atoms with Crippen molar-refractivity contribution >= 4 is 51.4 Å². The van der Waals surface area contributed by atoms with E-state index in [2.05, 4.69) is 20.8 Å². The fourth-order valence-corrected chi connectivity index (χ4v) is 5.51. The topological polar surface area (TPSA) is 96.5 Å². The zero-order valence-corrected chi connectivity index (χ0v) is 18.8. The first-order valence-electron chi connectivity index (χ1n) is 9.96. The van der Waals surface area contributed by atoms with Crippen molar-refractivity contribution in [1.82, 2.24) is 10.2 Å². The van der Waals surface area contributed by atoms with Crippen LogP contribution in [0, 0.1) is 0 Å². The SMILES string of the molecule is CC(Sc1nnc(NCC2CCCO2)s1)C(=O)N1c2ccccc2NC(=O)C1(C)C. The van der Waals surface area contributed by atoms with E-state index >= 15 is 0 Å². The number of hydrogen-bond acceptors (Lipinski definition) is 8. The van der Waals surface area contributed by atoms with Gasteiger partial charge >= 0.3 is 0 Å². The first-order valence-corrected chi connectivity index (χ1v) is 11.7. The number of nitrogens with zero attached hydrogens (tertiary/aromatic N) is 3. The Bertz CT molecular complexity index is 942. The highest BCUT2D eigenvalue weighted by Crippen LogP contribution is 2.39. The van der Waals surface area contributed by atoms with Crippen molar-refractivity contribution < 1.29 is 14.3 Å². The quantitative estimate of drug-likeness (QED) is 0.655. The Balaban J connectivity index is 1.45. The summed E-state index contributed by atoms with van der Waals surface area (Å²) in [5.74, 6) is -0.348. The Morgan fingerprint density at radius 2 is 2.23 bits per heavy atom. The molecule has 0 bridgehead atoms. The lowest BCUT2D eigenvalue weighted by atomic mass is 9.96. The van der Waals surface area contributed by atoms with Crippen LogP contribution >= 0.6 is 23.1 Å². The number of amides is 2. The van der Waals surface area contributed by atoms with Crippen LogP contribution < -0.4 is 15.5 Å². The van der Waals surface area contributed by atoms with E-state index in [0.29, 0.717) is 22.3 Å². The van der Waals surface area contributed by atoms with Crippen LogP contribution in [-0.2, 0) is 14.3 Å². The highest BCUT2D eigenvalue weighted by Gasteiger charge is 2.44. The number of nitrogens with one attached hydrogen (secondary N) is 2. The van der Waals surface area contributed by atoms with E-state index < -0.39 is 10.8 Å². The second-order valence-electron chi connectivity index (χ2n) is 7.85. The summed E-state index contributed by atoms with van der Waals surface area (Å²) in [5, 5.41) is 14.8. The van der Waals surface area contributed by atoms with E-state index in [1.807, 2.05) is 25.1 Å². The summed E-state index contributed by atoms with van der Waals surface area (Å²) in [6.45, 7) is 6.87. The number of hydrogen-bond donors (Lipinski definition) is 2. The zero-order valence-electron chi connectivity index (χ0n) is 17.2. The molecule has 0 radical (unpaired) electrons. The number of ether oxygens (including phenoxy) is 1. The molecule has 1 fully saturated rings.